The summed E-state index contributed by atoms with van der Waals surface area (Å²) in [4.78, 5) is 31.8. The van der Waals surface area contributed by atoms with E-state index in [1.54, 1.807) is 10.6 Å². The number of nitrogen functional groups attached to an aromatic ring is 1. The molecule has 2 aromatic carbocycles. The van der Waals surface area contributed by atoms with Crippen molar-refractivity contribution in [1.82, 2.24) is 14.5 Å². The van der Waals surface area contributed by atoms with Crippen LogP contribution in [0.3, 0.4) is 0 Å². The fourth-order valence-electron chi connectivity index (χ4n) is 3.72. The highest BCUT2D eigenvalue weighted by atomic mass is 35.5. The van der Waals surface area contributed by atoms with Gasteiger partial charge in [-0.15, -0.1) is 0 Å². The molecule has 0 saturated carbocycles. The number of hydrogen-bond donors (Lipinski definition) is 2. The zero-order valence-corrected chi connectivity index (χ0v) is 18.3. The average Bonchev–Trinajstić information content (AvgIpc) is 2.80. The van der Waals surface area contributed by atoms with E-state index in [1.165, 1.54) is 6.33 Å². The number of benzene rings is 2. The summed E-state index contributed by atoms with van der Waals surface area (Å²) in [5.74, 6) is 0.831. The molecule has 162 valence electrons. The van der Waals surface area contributed by atoms with Crippen LogP contribution >= 0.6 is 11.6 Å². The molecule has 0 unspecified atom stereocenters. The lowest BCUT2D eigenvalue weighted by molar-refractivity contribution is 0.0984. The van der Waals surface area contributed by atoms with Crippen LogP contribution in [0.1, 0.15) is 29.4 Å². The molecule has 1 aliphatic heterocycles. The summed E-state index contributed by atoms with van der Waals surface area (Å²) in [6.07, 6.45) is 2.59. The molecule has 0 atom stereocenters. The number of nitrogens with zero attached hydrogens (tertiary/aromatic N) is 3. The Morgan fingerprint density at radius 2 is 1.88 bits per heavy atom. The highest BCUT2D eigenvalue weighted by Crippen LogP contribution is 2.23. The third kappa shape index (κ3) is 4.07. The molecular weight excluding hydrogens is 426 g/mol. The van der Waals surface area contributed by atoms with E-state index in [4.69, 9.17) is 17.3 Å². The van der Waals surface area contributed by atoms with Gasteiger partial charge in [-0.05, 0) is 36.1 Å². The number of aromatic nitrogens is 3. The van der Waals surface area contributed by atoms with Crippen LogP contribution < -0.4 is 16.6 Å². The molecule has 1 aliphatic rings. The van der Waals surface area contributed by atoms with E-state index in [2.05, 4.69) is 15.3 Å². The minimum Gasteiger partial charge on any atom is -0.383 e. The highest BCUT2D eigenvalue weighted by Gasteiger charge is 2.20. The van der Waals surface area contributed by atoms with E-state index < -0.39 is 0 Å². The van der Waals surface area contributed by atoms with E-state index in [0.717, 1.165) is 23.2 Å². The molecule has 3 heterocycles. The van der Waals surface area contributed by atoms with Gasteiger partial charge in [-0.2, -0.15) is 0 Å². The summed E-state index contributed by atoms with van der Waals surface area (Å²) in [5, 5.41) is 4.96. The number of para-hydroxylation sites is 1. The molecule has 3 N–H and O–H groups in total. The van der Waals surface area contributed by atoms with Gasteiger partial charge < -0.3 is 11.1 Å². The van der Waals surface area contributed by atoms with Crippen LogP contribution in [0.25, 0.3) is 16.5 Å². The number of anilines is 2. The Balaban J connectivity index is 0.000000174. The molecule has 5 rings (SSSR count). The number of nitrogens with two attached hydrogens (primary N) is 1. The van der Waals surface area contributed by atoms with Gasteiger partial charge in [0.25, 0.3) is 5.56 Å². The highest BCUT2D eigenvalue weighted by molar-refractivity contribution is 6.35. The first-order chi connectivity index (χ1) is 15.5. The molecule has 0 radical (unpaired) electrons. The maximum atomic E-state index is 12.8. The molecule has 0 saturated heterocycles. The first-order valence-electron chi connectivity index (χ1n) is 10.3. The number of pyridine rings is 1. The molecule has 0 spiro atoms. The zero-order valence-electron chi connectivity index (χ0n) is 17.5. The quantitative estimate of drug-likeness (QED) is 0.475. The van der Waals surface area contributed by atoms with Gasteiger partial charge in [0.05, 0.1) is 10.4 Å². The van der Waals surface area contributed by atoms with Gasteiger partial charge in [0.2, 0.25) is 0 Å². The number of fused-ring (bicyclic) bond motifs is 2. The fraction of sp³-hybridized carbons (Fsp3) is 0.167. The normalized spacial score (nSPS) is 12.5. The maximum Gasteiger partial charge on any atom is 0.264 e. The second-order valence-electron chi connectivity index (χ2n) is 7.25. The van der Waals surface area contributed by atoms with Crippen molar-refractivity contribution >= 4 is 39.8 Å². The van der Waals surface area contributed by atoms with Crippen molar-refractivity contribution in [2.45, 2.75) is 19.8 Å². The van der Waals surface area contributed by atoms with Crippen LogP contribution in [-0.4, -0.2) is 26.9 Å². The molecule has 0 aliphatic carbocycles. The molecule has 7 nitrogen and oxygen atoms in total. The van der Waals surface area contributed by atoms with E-state index in [1.807, 2.05) is 55.5 Å². The molecule has 0 amide bonds. The molecule has 4 aromatic rings. The van der Waals surface area contributed by atoms with E-state index in [0.29, 0.717) is 34.8 Å². The number of halogens is 1. The molecule has 2 aromatic heterocycles. The SMILES string of the molecule is CCc1cc2cccc(Cl)c2c(=O)n1-c1ccccc1.Nc1ncnc2c1C(=O)CCN2. The van der Waals surface area contributed by atoms with Gasteiger partial charge in [-0.25, -0.2) is 9.97 Å². The maximum absolute atomic E-state index is 12.8. The molecular formula is C24H22ClN5O2. The first kappa shape index (κ1) is 21.5. The number of aryl methyl sites for hydroxylation is 1. The third-order valence-corrected chi connectivity index (χ3v) is 5.56. The summed E-state index contributed by atoms with van der Waals surface area (Å²) < 4.78 is 1.74. The Morgan fingerprint density at radius 1 is 1.09 bits per heavy atom. The number of carbonyl (C=O) groups excluding carboxylic acids is 1. The predicted molar refractivity (Wildman–Crippen MR) is 128 cm³/mol. The van der Waals surface area contributed by atoms with Crippen molar-refractivity contribution in [3.8, 4) is 5.69 Å². The number of ketones is 1. The Hall–Kier alpha value is -3.71. The van der Waals surface area contributed by atoms with Crippen molar-refractivity contribution in [3.63, 3.8) is 0 Å². The molecule has 0 fully saturated rings. The lowest BCUT2D eigenvalue weighted by atomic mass is 10.1. The first-order valence-corrected chi connectivity index (χ1v) is 10.6. The standard InChI is InChI=1S/C17H14ClNO.C7H8N4O/c1-2-13-11-12-7-6-10-15(18)16(12)17(20)19(13)14-8-4-3-5-9-14;8-6-5-4(12)1-2-9-7(5)11-3-10-6/h3-11H,2H2,1H3;3H,1-2H2,(H3,8,9,10,11). The number of rotatable bonds is 2. The van der Waals surface area contributed by atoms with Crippen LogP contribution in [0.4, 0.5) is 11.6 Å². The molecule has 0 bridgehead atoms. The summed E-state index contributed by atoms with van der Waals surface area (Å²) in [7, 11) is 0. The minimum absolute atomic E-state index is 0.0156. The van der Waals surface area contributed by atoms with Gasteiger partial charge in [-0.1, -0.05) is 48.9 Å². The van der Waals surface area contributed by atoms with Crippen LogP contribution in [-0.2, 0) is 6.42 Å². The van der Waals surface area contributed by atoms with Gasteiger partial charge in [0, 0.05) is 24.3 Å². The summed E-state index contributed by atoms with van der Waals surface area (Å²) >= 11 is 6.20. The predicted octanol–water partition coefficient (Wildman–Crippen LogP) is 4.26. The van der Waals surface area contributed by atoms with Crippen LogP contribution in [0, 0.1) is 0 Å². The Bertz CT molecular complexity index is 1350. The number of nitrogens with one attached hydrogen (secondary N) is 1. The van der Waals surface area contributed by atoms with Gasteiger partial charge in [0.1, 0.15) is 23.5 Å². The van der Waals surface area contributed by atoms with Gasteiger partial charge >= 0.3 is 0 Å². The lowest BCUT2D eigenvalue weighted by Gasteiger charge is -2.15. The minimum atomic E-state index is -0.0591. The van der Waals surface area contributed by atoms with Crippen molar-refractivity contribution in [3.05, 3.63) is 87.6 Å². The number of carbonyl (C=O) groups is 1. The fourth-order valence-corrected chi connectivity index (χ4v) is 3.98. The zero-order chi connectivity index (χ0) is 22.7. The second-order valence-corrected chi connectivity index (χ2v) is 7.66. The smallest absolute Gasteiger partial charge is 0.264 e. The Morgan fingerprint density at radius 3 is 2.59 bits per heavy atom. The monoisotopic (exact) mass is 447 g/mol. The van der Waals surface area contributed by atoms with Gasteiger partial charge in [-0.3, -0.25) is 14.2 Å². The van der Waals surface area contributed by atoms with E-state index in [9.17, 15) is 9.59 Å². The van der Waals surface area contributed by atoms with E-state index in [-0.39, 0.29) is 17.2 Å². The van der Waals surface area contributed by atoms with Crippen molar-refractivity contribution in [1.29, 1.82) is 0 Å². The van der Waals surface area contributed by atoms with E-state index >= 15 is 0 Å². The molecule has 32 heavy (non-hydrogen) atoms. The van der Waals surface area contributed by atoms with Crippen LogP contribution in [0.15, 0.2) is 65.7 Å². The Kier molecular flexibility index (Phi) is 6.18. The molecule has 8 heteroatoms. The van der Waals surface area contributed by atoms with Crippen molar-refractivity contribution in [2.24, 2.45) is 0 Å². The average molecular weight is 448 g/mol. The topological polar surface area (TPSA) is 103 Å². The van der Waals surface area contributed by atoms with Crippen molar-refractivity contribution < 1.29 is 4.79 Å². The largest absolute Gasteiger partial charge is 0.383 e. The van der Waals surface area contributed by atoms with Crippen molar-refractivity contribution in [2.75, 3.05) is 17.6 Å². The number of Topliss-reactive ketones (excluding diaryl/α,β-unsaturated/α-hetero) is 1. The van der Waals surface area contributed by atoms with Gasteiger partial charge in [0.15, 0.2) is 5.78 Å². The lowest BCUT2D eigenvalue weighted by Crippen LogP contribution is -2.22. The number of hydrogen-bond acceptors (Lipinski definition) is 6. The van der Waals surface area contributed by atoms with Crippen LogP contribution in [0.5, 0.6) is 0 Å². The Labute approximate surface area is 189 Å². The summed E-state index contributed by atoms with van der Waals surface area (Å²) in [6.45, 7) is 2.67. The summed E-state index contributed by atoms with van der Waals surface area (Å²) in [6, 6.07) is 17.3. The van der Waals surface area contributed by atoms with Crippen LogP contribution in [0.2, 0.25) is 5.02 Å². The third-order valence-electron chi connectivity index (χ3n) is 5.25. The summed E-state index contributed by atoms with van der Waals surface area (Å²) in [5.41, 5.74) is 7.75. The second kappa shape index (κ2) is 9.20.